The van der Waals surface area contributed by atoms with Gasteiger partial charge in [-0.15, -0.1) is 5.10 Å². The summed E-state index contributed by atoms with van der Waals surface area (Å²) < 4.78 is 10.6. The molecule has 3 N–H and O–H groups in total. The number of aliphatic hydroxyl groups excluding tert-OH is 1. The van der Waals surface area contributed by atoms with Crippen LogP contribution in [0.1, 0.15) is 19.4 Å². The van der Waals surface area contributed by atoms with E-state index in [0.29, 0.717) is 0 Å². The highest BCUT2D eigenvalue weighted by Crippen LogP contribution is 2.10. The minimum absolute atomic E-state index is 0.121. The van der Waals surface area contributed by atoms with E-state index in [0.717, 1.165) is 10.0 Å². The molecule has 23 heavy (non-hydrogen) atoms. The van der Waals surface area contributed by atoms with E-state index in [2.05, 4.69) is 26.1 Å². The maximum absolute atomic E-state index is 11.8. The number of rotatable bonds is 7. The SMILES string of the molecule is CCOC(=O)C(/C(N)=N/N=Cc1cccc(Br)c1)=C(/O)OCC. The van der Waals surface area contributed by atoms with Gasteiger partial charge in [0, 0.05) is 4.47 Å². The van der Waals surface area contributed by atoms with Crippen LogP contribution in [0.2, 0.25) is 0 Å². The standard InChI is InChI=1S/C15H18BrN3O4/c1-3-22-14(20)12(15(21)23-4-2)13(17)19-18-9-10-6-5-7-11(16)8-10/h5-9,20H,3-4H2,1-2H3,(H2,17,19)/b14-12-,18-9?. The Morgan fingerprint density at radius 2 is 2.04 bits per heavy atom. The molecule has 0 aromatic heterocycles. The van der Waals surface area contributed by atoms with Crippen LogP contribution in [0.15, 0.2) is 50.5 Å². The smallest absolute Gasteiger partial charge is 0.349 e. The molecule has 0 radical (unpaired) electrons. The summed E-state index contributed by atoms with van der Waals surface area (Å²) in [6, 6.07) is 7.36. The van der Waals surface area contributed by atoms with Gasteiger partial charge < -0.3 is 20.3 Å². The van der Waals surface area contributed by atoms with Crippen molar-refractivity contribution < 1.29 is 19.4 Å². The van der Waals surface area contributed by atoms with Crippen LogP contribution in [-0.2, 0) is 14.3 Å². The number of nitrogens with two attached hydrogens (primary N) is 1. The van der Waals surface area contributed by atoms with Gasteiger partial charge in [0.25, 0.3) is 5.95 Å². The number of hydrogen-bond acceptors (Lipinski definition) is 6. The van der Waals surface area contributed by atoms with Crippen molar-refractivity contribution in [3.63, 3.8) is 0 Å². The van der Waals surface area contributed by atoms with Crippen LogP contribution in [0.4, 0.5) is 0 Å². The van der Waals surface area contributed by atoms with E-state index in [9.17, 15) is 9.90 Å². The highest BCUT2D eigenvalue weighted by atomic mass is 79.9. The maximum Gasteiger partial charge on any atom is 0.349 e. The first-order chi connectivity index (χ1) is 11.0. The van der Waals surface area contributed by atoms with Gasteiger partial charge in [0.2, 0.25) is 0 Å². The van der Waals surface area contributed by atoms with E-state index in [1.807, 2.05) is 24.3 Å². The molecule has 0 atom stereocenters. The monoisotopic (exact) mass is 383 g/mol. The third kappa shape index (κ3) is 6.11. The molecule has 0 heterocycles. The number of halogens is 1. The molecule has 0 aliphatic heterocycles. The molecule has 0 aliphatic carbocycles. The fourth-order valence-corrected chi connectivity index (χ4v) is 1.93. The Kier molecular flexibility index (Phi) is 7.82. The predicted octanol–water partition coefficient (Wildman–Crippen LogP) is 2.51. The van der Waals surface area contributed by atoms with E-state index >= 15 is 0 Å². The summed E-state index contributed by atoms with van der Waals surface area (Å²) in [6.45, 7) is 3.56. The third-order valence-electron chi connectivity index (χ3n) is 2.45. The summed E-state index contributed by atoms with van der Waals surface area (Å²) in [7, 11) is 0. The number of nitrogens with zero attached hydrogens (tertiary/aromatic N) is 2. The normalized spacial score (nSPS) is 12.9. The summed E-state index contributed by atoms with van der Waals surface area (Å²) in [4.78, 5) is 11.8. The maximum atomic E-state index is 11.8. The topological polar surface area (TPSA) is 107 Å². The van der Waals surface area contributed by atoms with Crippen LogP contribution >= 0.6 is 15.9 Å². The van der Waals surface area contributed by atoms with E-state index in [1.165, 1.54) is 6.21 Å². The molecular weight excluding hydrogens is 366 g/mol. The van der Waals surface area contributed by atoms with Crippen LogP contribution in [0, 0.1) is 0 Å². The zero-order chi connectivity index (χ0) is 17.2. The minimum Gasteiger partial charge on any atom is -0.480 e. The van der Waals surface area contributed by atoms with E-state index < -0.39 is 11.9 Å². The second kappa shape index (κ2) is 9.62. The van der Waals surface area contributed by atoms with Gasteiger partial charge in [0.05, 0.1) is 19.4 Å². The van der Waals surface area contributed by atoms with Crippen LogP contribution in [0.3, 0.4) is 0 Å². The lowest BCUT2D eigenvalue weighted by Crippen LogP contribution is -2.25. The average Bonchev–Trinajstić information content (AvgIpc) is 2.48. The predicted molar refractivity (Wildman–Crippen MR) is 91.3 cm³/mol. The number of ether oxygens (including phenoxy) is 2. The Morgan fingerprint density at radius 1 is 1.35 bits per heavy atom. The second-order valence-corrected chi connectivity index (χ2v) is 5.03. The summed E-state index contributed by atoms with van der Waals surface area (Å²) >= 11 is 3.34. The van der Waals surface area contributed by atoms with Crippen molar-refractivity contribution in [1.82, 2.24) is 0 Å². The van der Waals surface area contributed by atoms with Crippen molar-refractivity contribution in [2.45, 2.75) is 13.8 Å². The number of carbonyl (C=O) groups excluding carboxylic acids is 1. The first-order valence-electron chi connectivity index (χ1n) is 6.85. The molecule has 124 valence electrons. The van der Waals surface area contributed by atoms with Crippen LogP contribution in [0.25, 0.3) is 0 Å². The number of amidine groups is 1. The van der Waals surface area contributed by atoms with Crippen molar-refractivity contribution in [2.24, 2.45) is 15.9 Å². The number of carbonyl (C=O) groups is 1. The van der Waals surface area contributed by atoms with Crippen molar-refractivity contribution >= 4 is 33.9 Å². The number of aliphatic hydroxyl groups is 1. The Labute approximate surface area is 142 Å². The van der Waals surface area contributed by atoms with Crippen molar-refractivity contribution in [2.75, 3.05) is 13.2 Å². The lowest BCUT2D eigenvalue weighted by molar-refractivity contribution is -0.138. The van der Waals surface area contributed by atoms with Gasteiger partial charge in [-0.05, 0) is 31.5 Å². The van der Waals surface area contributed by atoms with Gasteiger partial charge in [-0.3, -0.25) is 0 Å². The minimum atomic E-state index is -0.836. The van der Waals surface area contributed by atoms with E-state index in [1.54, 1.807) is 13.8 Å². The molecule has 0 saturated carbocycles. The molecule has 0 spiro atoms. The number of benzene rings is 1. The Bertz CT molecular complexity index is 641. The zero-order valence-corrected chi connectivity index (χ0v) is 14.4. The van der Waals surface area contributed by atoms with Gasteiger partial charge in [0.1, 0.15) is 0 Å². The Balaban J connectivity index is 3.02. The average molecular weight is 384 g/mol. The first-order valence-corrected chi connectivity index (χ1v) is 7.64. The van der Waals surface area contributed by atoms with Crippen molar-refractivity contribution in [3.05, 3.63) is 45.8 Å². The Hall–Kier alpha value is -2.35. The highest BCUT2D eigenvalue weighted by molar-refractivity contribution is 9.10. The first kappa shape index (κ1) is 18.7. The largest absolute Gasteiger partial charge is 0.480 e. The van der Waals surface area contributed by atoms with Gasteiger partial charge in [0.15, 0.2) is 11.4 Å². The summed E-state index contributed by atoms with van der Waals surface area (Å²) in [5.41, 5.74) is 6.13. The molecule has 0 fully saturated rings. The van der Waals surface area contributed by atoms with Crippen molar-refractivity contribution in [3.8, 4) is 0 Å². The van der Waals surface area contributed by atoms with Crippen molar-refractivity contribution in [1.29, 1.82) is 0 Å². The van der Waals surface area contributed by atoms with Gasteiger partial charge in [-0.2, -0.15) is 5.10 Å². The van der Waals surface area contributed by atoms with E-state index in [-0.39, 0.29) is 24.6 Å². The molecule has 0 unspecified atom stereocenters. The molecule has 0 aliphatic rings. The second-order valence-electron chi connectivity index (χ2n) is 4.12. The number of esters is 1. The van der Waals surface area contributed by atoms with Gasteiger partial charge in [-0.1, -0.05) is 28.1 Å². The molecule has 1 rings (SSSR count). The molecule has 8 heteroatoms. The highest BCUT2D eigenvalue weighted by Gasteiger charge is 2.22. The Morgan fingerprint density at radius 3 is 2.65 bits per heavy atom. The van der Waals surface area contributed by atoms with Gasteiger partial charge >= 0.3 is 5.97 Å². The molecule has 0 saturated heterocycles. The molecule has 0 bridgehead atoms. The fourth-order valence-electron chi connectivity index (χ4n) is 1.51. The van der Waals surface area contributed by atoms with Crippen LogP contribution in [0.5, 0.6) is 0 Å². The molecular formula is C15H18BrN3O4. The molecule has 7 nitrogen and oxygen atoms in total. The third-order valence-corrected chi connectivity index (χ3v) is 2.94. The van der Waals surface area contributed by atoms with E-state index in [4.69, 9.17) is 15.2 Å². The molecule has 1 aromatic rings. The number of hydrogen-bond donors (Lipinski definition) is 2. The lowest BCUT2D eigenvalue weighted by atomic mass is 10.2. The molecule has 0 amide bonds. The van der Waals surface area contributed by atoms with Gasteiger partial charge in [-0.25, -0.2) is 4.79 Å². The summed E-state index contributed by atoms with van der Waals surface area (Å²) in [5, 5.41) is 17.3. The summed E-state index contributed by atoms with van der Waals surface area (Å²) in [5.74, 6) is -1.79. The van der Waals surface area contributed by atoms with Crippen LogP contribution < -0.4 is 5.73 Å². The molecule has 1 aromatic carbocycles. The van der Waals surface area contributed by atoms with Crippen LogP contribution in [-0.4, -0.2) is 36.3 Å². The summed E-state index contributed by atoms with van der Waals surface area (Å²) in [6.07, 6.45) is 1.46. The fraction of sp³-hybridized carbons (Fsp3) is 0.267. The lowest BCUT2D eigenvalue weighted by Gasteiger charge is -2.08. The quantitative estimate of drug-likeness (QED) is 0.188. The zero-order valence-electron chi connectivity index (χ0n) is 12.8.